The molecule has 0 saturated carbocycles. The molecule has 0 bridgehead atoms. The molecule has 3 heterocycles. The third kappa shape index (κ3) is 2.18. The number of nitrogens with zero attached hydrogens (tertiary/aromatic N) is 2. The minimum atomic E-state index is -1.44. The number of anilines is 1. The van der Waals surface area contributed by atoms with Crippen LogP contribution < -0.4 is 14.7 Å². The number of hydrogen-bond acceptors (Lipinski definition) is 5. The zero-order chi connectivity index (χ0) is 21.2. The van der Waals surface area contributed by atoms with Gasteiger partial charge in [0, 0.05) is 23.0 Å². The van der Waals surface area contributed by atoms with Gasteiger partial charge in [0.05, 0.1) is 24.5 Å². The highest BCUT2D eigenvalue weighted by molar-refractivity contribution is 6.25. The second-order valence-corrected chi connectivity index (χ2v) is 7.59. The van der Waals surface area contributed by atoms with Crippen molar-refractivity contribution >= 4 is 34.5 Å². The molecule has 3 aromatic rings. The molecule has 1 atom stereocenters. The van der Waals surface area contributed by atoms with Crippen LogP contribution >= 0.6 is 0 Å². The van der Waals surface area contributed by atoms with E-state index < -0.39 is 23.4 Å². The number of imide groups is 1. The molecule has 30 heavy (non-hydrogen) atoms. The summed E-state index contributed by atoms with van der Waals surface area (Å²) in [5.74, 6) is -1.24. The van der Waals surface area contributed by atoms with Crippen molar-refractivity contribution in [2.75, 3.05) is 18.6 Å². The molecule has 0 spiro atoms. The number of carboxylic acids is 1. The molecule has 2 aromatic carbocycles. The van der Waals surface area contributed by atoms with Crippen molar-refractivity contribution in [3.63, 3.8) is 0 Å². The first kappa shape index (κ1) is 18.2. The van der Waals surface area contributed by atoms with Crippen LogP contribution in [-0.2, 0) is 16.8 Å². The molecule has 8 nitrogen and oxygen atoms in total. The van der Waals surface area contributed by atoms with E-state index in [9.17, 15) is 19.5 Å². The number of methoxy groups -OCH3 is 1. The summed E-state index contributed by atoms with van der Waals surface area (Å²) in [5.41, 5.74) is 0.989. The highest BCUT2D eigenvalue weighted by Gasteiger charge is 2.59. The fourth-order valence-electron chi connectivity index (χ4n) is 4.60. The molecule has 2 aliphatic heterocycles. The van der Waals surface area contributed by atoms with E-state index in [1.807, 2.05) is 18.2 Å². The predicted molar refractivity (Wildman–Crippen MR) is 106 cm³/mol. The third-order valence-corrected chi connectivity index (χ3v) is 6.13. The summed E-state index contributed by atoms with van der Waals surface area (Å²) in [6, 6.07) is 11.0. The highest BCUT2D eigenvalue weighted by Crippen LogP contribution is 2.46. The van der Waals surface area contributed by atoms with Crippen LogP contribution in [0.5, 0.6) is 5.75 Å². The van der Waals surface area contributed by atoms with Crippen molar-refractivity contribution in [2.24, 2.45) is 0 Å². The Hall–Kier alpha value is -3.81. The topological polar surface area (TPSA) is 106 Å². The first-order valence-corrected chi connectivity index (χ1v) is 9.53. The van der Waals surface area contributed by atoms with Gasteiger partial charge in [0.2, 0.25) is 0 Å². The first-order valence-electron chi connectivity index (χ1n) is 9.53. The molecule has 1 saturated heterocycles. The number of carbonyl (C=O) groups excluding carboxylic acids is 3. The van der Waals surface area contributed by atoms with E-state index in [1.165, 1.54) is 23.1 Å². The number of ether oxygens (including phenoxy) is 1. The van der Waals surface area contributed by atoms with Crippen molar-refractivity contribution in [1.82, 2.24) is 9.88 Å². The Morgan fingerprint density at radius 2 is 1.97 bits per heavy atom. The quantitative estimate of drug-likeness (QED) is 0.670. The van der Waals surface area contributed by atoms with E-state index in [0.717, 1.165) is 21.4 Å². The van der Waals surface area contributed by atoms with E-state index in [1.54, 1.807) is 20.1 Å². The number of benzene rings is 2. The number of urea groups is 1. The number of carboxylic acid groups (broad SMARTS) is 1. The Bertz CT molecular complexity index is 1250. The van der Waals surface area contributed by atoms with Gasteiger partial charge in [-0.3, -0.25) is 4.79 Å². The van der Waals surface area contributed by atoms with Gasteiger partial charge in [0.15, 0.2) is 5.54 Å². The van der Waals surface area contributed by atoms with Crippen LogP contribution in [-0.4, -0.2) is 41.4 Å². The van der Waals surface area contributed by atoms with Gasteiger partial charge in [-0.05, 0) is 43.2 Å². The summed E-state index contributed by atoms with van der Waals surface area (Å²) in [6.45, 7) is 2.03. The lowest BCUT2D eigenvalue weighted by atomic mass is 9.87. The zero-order valence-corrected chi connectivity index (χ0v) is 16.4. The summed E-state index contributed by atoms with van der Waals surface area (Å²) in [7, 11) is 1.59. The Morgan fingerprint density at radius 1 is 1.20 bits per heavy atom. The average Bonchev–Trinajstić information content (AvgIpc) is 3.21. The van der Waals surface area contributed by atoms with Gasteiger partial charge in [-0.15, -0.1) is 0 Å². The molecule has 152 valence electrons. The molecule has 2 aliphatic rings. The maximum atomic E-state index is 13.6. The Balaban J connectivity index is 1.69. The number of rotatable bonds is 3. The fourth-order valence-corrected chi connectivity index (χ4v) is 4.60. The largest absolute Gasteiger partial charge is 0.545 e. The molecular weight excluding hydrogens is 386 g/mol. The normalized spacial score (nSPS) is 20.5. The van der Waals surface area contributed by atoms with Gasteiger partial charge in [-0.25, -0.2) is 9.69 Å². The minimum Gasteiger partial charge on any atom is -0.545 e. The number of para-hydroxylation sites is 1. The predicted octanol–water partition coefficient (Wildman–Crippen LogP) is 1.78. The molecule has 0 unspecified atom stereocenters. The minimum absolute atomic E-state index is 0.0162. The monoisotopic (exact) mass is 404 g/mol. The van der Waals surface area contributed by atoms with Crippen molar-refractivity contribution in [1.29, 1.82) is 0 Å². The summed E-state index contributed by atoms with van der Waals surface area (Å²) in [6.07, 6.45) is 0.563. The average molecular weight is 404 g/mol. The molecular formula is C22H18N3O5-. The van der Waals surface area contributed by atoms with Crippen LogP contribution in [0, 0.1) is 0 Å². The smallest absolute Gasteiger partial charge is 0.332 e. The number of nitrogens with one attached hydrogen (secondary N) is 1. The lowest BCUT2D eigenvalue weighted by molar-refractivity contribution is -0.254. The van der Waals surface area contributed by atoms with E-state index in [0.29, 0.717) is 24.4 Å². The first-order chi connectivity index (χ1) is 14.4. The Morgan fingerprint density at radius 3 is 2.70 bits per heavy atom. The molecule has 1 fully saturated rings. The maximum Gasteiger partial charge on any atom is 0.332 e. The second kappa shape index (κ2) is 6.09. The number of fused-ring (bicyclic) bond motifs is 5. The molecule has 5 rings (SSSR count). The molecule has 1 aromatic heterocycles. The molecule has 0 aliphatic carbocycles. The molecule has 0 radical (unpaired) electrons. The van der Waals surface area contributed by atoms with Crippen molar-refractivity contribution in [3.8, 4) is 5.75 Å². The number of amides is 3. The van der Waals surface area contributed by atoms with Crippen LogP contribution in [0.25, 0.3) is 10.9 Å². The lowest BCUT2D eigenvalue weighted by Gasteiger charge is -2.35. The van der Waals surface area contributed by atoms with Crippen molar-refractivity contribution < 1.29 is 24.2 Å². The highest BCUT2D eigenvalue weighted by atomic mass is 16.5. The number of hydrogen-bond donors (Lipinski definition) is 1. The van der Waals surface area contributed by atoms with Gasteiger partial charge in [0.25, 0.3) is 5.91 Å². The standard InChI is InChI=1S/C22H19N3O5/c1-22-18-13(15-11-12(30-2)7-8-16(15)23-18)9-10-24(22)21(29)25(20(22)28)17-6-4-3-5-14(17)19(26)27/h3-8,11,23H,9-10H2,1-2H3,(H,26,27)/p-1/t22-/m1/s1. The fraction of sp³-hybridized carbons (Fsp3) is 0.227. The molecule has 8 heteroatoms. The van der Waals surface area contributed by atoms with Gasteiger partial charge in [0.1, 0.15) is 5.75 Å². The number of carbonyl (C=O) groups is 3. The SMILES string of the molecule is COc1ccc2[nH]c3c(c2c1)CCN1C(=O)N(c2ccccc2C(=O)[O-])C(=O)[C@@]31C. The van der Waals surface area contributed by atoms with Crippen LogP contribution in [0.4, 0.5) is 10.5 Å². The summed E-state index contributed by atoms with van der Waals surface area (Å²) >= 11 is 0. The van der Waals surface area contributed by atoms with E-state index in [-0.39, 0.29) is 11.3 Å². The Labute approximate surface area is 171 Å². The van der Waals surface area contributed by atoms with Crippen LogP contribution in [0.1, 0.15) is 28.5 Å². The number of aromatic amines is 1. The van der Waals surface area contributed by atoms with Gasteiger partial charge in [-0.2, -0.15) is 0 Å². The van der Waals surface area contributed by atoms with Crippen LogP contribution in [0.15, 0.2) is 42.5 Å². The molecule has 1 N–H and O–H groups in total. The third-order valence-electron chi connectivity index (χ3n) is 6.13. The number of aromatic carboxylic acids is 1. The van der Waals surface area contributed by atoms with E-state index in [4.69, 9.17) is 4.74 Å². The summed E-state index contributed by atoms with van der Waals surface area (Å²) in [4.78, 5) is 44.2. The zero-order valence-electron chi connectivity index (χ0n) is 16.4. The Kier molecular flexibility index (Phi) is 3.70. The maximum absolute atomic E-state index is 13.6. The molecule has 3 amide bonds. The van der Waals surface area contributed by atoms with Crippen molar-refractivity contribution in [2.45, 2.75) is 18.9 Å². The number of aromatic nitrogens is 1. The van der Waals surface area contributed by atoms with E-state index in [2.05, 4.69) is 4.98 Å². The lowest BCUT2D eigenvalue weighted by Crippen LogP contribution is -2.49. The summed E-state index contributed by atoms with van der Waals surface area (Å²) < 4.78 is 5.33. The summed E-state index contributed by atoms with van der Waals surface area (Å²) in [5, 5.41) is 12.5. The van der Waals surface area contributed by atoms with Gasteiger partial charge < -0.3 is 24.5 Å². The van der Waals surface area contributed by atoms with E-state index >= 15 is 0 Å². The van der Waals surface area contributed by atoms with Crippen LogP contribution in [0.3, 0.4) is 0 Å². The van der Waals surface area contributed by atoms with Crippen LogP contribution in [0.2, 0.25) is 0 Å². The second-order valence-electron chi connectivity index (χ2n) is 7.59. The van der Waals surface area contributed by atoms with Gasteiger partial charge >= 0.3 is 6.03 Å². The van der Waals surface area contributed by atoms with Gasteiger partial charge in [-0.1, -0.05) is 18.2 Å². The van der Waals surface area contributed by atoms with Crippen molar-refractivity contribution in [3.05, 3.63) is 59.3 Å². The number of H-pyrrole nitrogens is 1.